The van der Waals surface area contributed by atoms with Gasteiger partial charge < -0.3 is 9.64 Å². The highest BCUT2D eigenvalue weighted by molar-refractivity contribution is 6.31. The molecule has 1 amide bonds. The van der Waals surface area contributed by atoms with Crippen molar-refractivity contribution >= 4 is 29.2 Å². The number of carbonyl (C=O) groups excluding carboxylic acids is 1. The Hall–Kier alpha value is -2.54. The van der Waals surface area contributed by atoms with E-state index in [-0.39, 0.29) is 6.03 Å². The second-order valence-electron chi connectivity index (χ2n) is 8.61. The minimum Gasteiger partial charge on any atom is -0.457 e. The highest BCUT2D eigenvalue weighted by Gasteiger charge is 2.42. The first-order chi connectivity index (χ1) is 15.4. The summed E-state index contributed by atoms with van der Waals surface area (Å²) in [5, 5.41) is 5.44. The average Bonchev–Trinajstić information content (AvgIpc) is 3.43. The predicted octanol–water partition coefficient (Wildman–Crippen LogP) is 5.32. The summed E-state index contributed by atoms with van der Waals surface area (Å²) in [5.41, 5.74) is 1.89. The highest BCUT2D eigenvalue weighted by Crippen LogP contribution is 2.33. The fourth-order valence-electron chi connectivity index (χ4n) is 4.66. The van der Waals surface area contributed by atoms with Crippen molar-refractivity contribution in [3.63, 3.8) is 0 Å². The number of halogens is 2. The van der Waals surface area contributed by atoms with Gasteiger partial charge in [-0.25, -0.2) is 4.79 Å². The molecule has 1 aromatic heterocycles. The number of hydrogen-bond donors (Lipinski definition) is 0. The Balaban J connectivity index is 1.17. The first-order valence-electron chi connectivity index (χ1n) is 10.7. The minimum atomic E-state index is -0.0898. The van der Waals surface area contributed by atoms with Gasteiger partial charge in [-0.05, 0) is 60.7 Å². The standard InChI is InChI=1S/C24H24Cl2N4O2/c1-16-23(26)15-30(27-16)24(31)29-13-18-11-28(12-19(18)14-29)10-17-3-2-4-22(9-17)32-21-7-5-20(25)6-8-21/h2-9,15,18-19H,10-14H2,1H3. The molecule has 2 aromatic carbocycles. The number of nitrogens with zero attached hydrogens (tertiary/aromatic N) is 4. The van der Waals surface area contributed by atoms with Crippen molar-refractivity contribution < 1.29 is 9.53 Å². The number of carbonyl (C=O) groups is 1. The zero-order valence-electron chi connectivity index (χ0n) is 17.7. The summed E-state index contributed by atoms with van der Waals surface area (Å²) in [6.07, 6.45) is 1.60. The van der Waals surface area contributed by atoms with Gasteiger partial charge in [0.2, 0.25) is 0 Å². The molecule has 2 aliphatic heterocycles. The quantitative estimate of drug-likeness (QED) is 0.517. The molecular formula is C24H24Cl2N4O2. The maximum absolute atomic E-state index is 12.8. The molecule has 3 aromatic rings. The van der Waals surface area contributed by atoms with Crippen LogP contribution in [0.3, 0.4) is 0 Å². The molecule has 6 nitrogen and oxygen atoms in total. The largest absolute Gasteiger partial charge is 0.457 e. The molecule has 166 valence electrons. The Morgan fingerprint density at radius 1 is 1.03 bits per heavy atom. The lowest BCUT2D eigenvalue weighted by molar-refractivity contribution is 0.197. The Morgan fingerprint density at radius 2 is 1.75 bits per heavy atom. The van der Waals surface area contributed by atoms with Crippen LogP contribution in [0, 0.1) is 18.8 Å². The van der Waals surface area contributed by atoms with Crippen molar-refractivity contribution in [1.82, 2.24) is 19.6 Å². The summed E-state index contributed by atoms with van der Waals surface area (Å²) in [4.78, 5) is 17.1. The van der Waals surface area contributed by atoms with E-state index in [4.69, 9.17) is 27.9 Å². The SMILES string of the molecule is Cc1nn(C(=O)N2CC3CN(Cc4cccc(Oc5ccc(Cl)cc5)c4)CC3C2)cc1Cl. The van der Waals surface area contributed by atoms with E-state index in [1.165, 1.54) is 10.2 Å². The first-order valence-corrected chi connectivity index (χ1v) is 11.5. The Labute approximate surface area is 197 Å². The van der Waals surface area contributed by atoms with Crippen molar-refractivity contribution in [3.8, 4) is 11.5 Å². The Morgan fingerprint density at radius 3 is 2.41 bits per heavy atom. The van der Waals surface area contributed by atoms with Crippen LogP contribution < -0.4 is 4.74 Å². The molecule has 0 N–H and O–H groups in total. The number of fused-ring (bicyclic) bond motifs is 1. The van der Waals surface area contributed by atoms with Crippen LogP contribution in [0.15, 0.2) is 54.7 Å². The first kappa shape index (κ1) is 21.3. The molecule has 0 radical (unpaired) electrons. The van der Waals surface area contributed by atoms with Crippen LogP contribution in [0.2, 0.25) is 10.0 Å². The van der Waals surface area contributed by atoms with Gasteiger partial charge in [-0.2, -0.15) is 9.78 Å². The number of rotatable bonds is 4. The maximum Gasteiger partial charge on any atom is 0.344 e. The van der Waals surface area contributed by atoms with Gasteiger partial charge in [0, 0.05) is 37.7 Å². The van der Waals surface area contributed by atoms with Gasteiger partial charge in [0.1, 0.15) is 11.5 Å². The molecule has 2 aliphatic rings. The van der Waals surface area contributed by atoms with Crippen LogP contribution in [0.4, 0.5) is 4.79 Å². The maximum atomic E-state index is 12.8. The van der Waals surface area contributed by atoms with E-state index in [0.29, 0.717) is 27.6 Å². The van der Waals surface area contributed by atoms with Crippen molar-refractivity contribution in [1.29, 1.82) is 0 Å². The molecule has 5 rings (SSSR count). The fraction of sp³-hybridized carbons (Fsp3) is 0.333. The molecule has 8 heteroatoms. The summed E-state index contributed by atoms with van der Waals surface area (Å²) in [5.74, 6) is 2.55. The van der Waals surface area contributed by atoms with Gasteiger partial charge in [0.25, 0.3) is 0 Å². The van der Waals surface area contributed by atoms with Gasteiger partial charge >= 0.3 is 6.03 Å². The number of ether oxygens (including phenoxy) is 1. The third-order valence-electron chi connectivity index (χ3n) is 6.22. The second kappa shape index (κ2) is 8.77. The van der Waals surface area contributed by atoms with Crippen LogP contribution in [0.25, 0.3) is 0 Å². The van der Waals surface area contributed by atoms with E-state index in [0.717, 1.165) is 44.2 Å². The lowest BCUT2D eigenvalue weighted by Gasteiger charge is -2.21. The monoisotopic (exact) mass is 470 g/mol. The molecule has 2 unspecified atom stereocenters. The van der Waals surface area contributed by atoms with E-state index >= 15 is 0 Å². The van der Waals surface area contributed by atoms with Crippen molar-refractivity contribution in [3.05, 3.63) is 76.0 Å². The normalized spacial score (nSPS) is 20.5. The number of aromatic nitrogens is 2. The van der Waals surface area contributed by atoms with Gasteiger partial charge in [-0.15, -0.1) is 0 Å². The van der Waals surface area contributed by atoms with E-state index in [1.807, 2.05) is 41.3 Å². The number of amides is 1. The molecule has 32 heavy (non-hydrogen) atoms. The number of hydrogen-bond acceptors (Lipinski definition) is 4. The summed E-state index contributed by atoms with van der Waals surface area (Å²) >= 11 is 12.0. The predicted molar refractivity (Wildman–Crippen MR) is 125 cm³/mol. The zero-order chi connectivity index (χ0) is 22.2. The molecular weight excluding hydrogens is 447 g/mol. The molecule has 2 fully saturated rings. The van der Waals surface area contributed by atoms with Crippen LogP contribution in [-0.4, -0.2) is 51.8 Å². The van der Waals surface area contributed by atoms with Crippen LogP contribution >= 0.6 is 23.2 Å². The number of likely N-dealkylation sites (tertiary alicyclic amines) is 2. The fourth-order valence-corrected chi connectivity index (χ4v) is 4.92. The molecule has 2 saturated heterocycles. The van der Waals surface area contributed by atoms with E-state index in [2.05, 4.69) is 22.1 Å². The summed E-state index contributed by atoms with van der Waals surface area (Å²) in [6, 6.07) is 15.5. The topological polar surface area (TPSA) is 50.6 Å². The summed E-state index contributed by atoms with van der Waals surface area (Å²) in [6.45, 7) is 6.16. The summed E-state index contributed by atoms with van der Waals surface area (Å²) in [7, 11) is 0. The summed E-state index contributed by atoms with van der Waals surface area (Å²) < 4.78 is 7.33. The average molecular weight is 471 g/mol. The van der Waals surface area contributed by atoms with E-state index in [1.54, 1.807) is 13.1 Å². The van der Waals surface area contributed by atoms with Gasteiger partial charge in [0.15, 0.2) is 0 Å². The van der Waals surface area contributed by atoms with Crippen LogP contribution in [0.5, 0.6) is 11.5 Å². The molecule has 0 aliphatic carbocycles. The van der Waals surface area contributed by atoms with Crippen molar-refractivity contribution in [2.24, 2.45) is 11.8 Å². The van der Waals surface area contributed by atoms with Gasteiger partial charge in [0.05, 0.1) is 16.9 Å². The number of aryl methyl sites for hydroxylation is 1. The van der Waals surface area contributed by atoms with Gasteiger partial charge in [-0.3, -0.25) is 4.90 Å². The Bertz CT molecular complexity index is 1100. The third-order valence-corrected chi connectivity index (χ3v) is 6.84. The zero-order valence-corrected chi connectivity index (χ0v) is 19.3. The Kier molecular flexibility index (Phi) is 5.84. The lowest BCUT2D eigenvalue weighted by atomic mass is 10.0. The smallest absolute Gasteiger partial charge is 0.344 e. The third kappa shape index (κ3) is 4.49. The number of benzene rings is 2. The lowest BCUT2D eigenvalue weighted by Crippen LogP contribution is -2.36. The second-order valence-corrected chi connectivity index (χ2v) is 9.46. The van der Waals surface area contributed by atoms with E-state index in [9.17, 15) is 4.79 Å². The van der Waals surface area contributed by atoms with Gasteiger partial charge in [-0.1, -0.05) is 35.3 Å². The molecule has 0 spiro atoms. The molecule has 2 atom stereocenters. The van der Waals surface area contributed by atoms with Crippen LogP contribution in [-0.2, 0) is 6.54 Å². The molecule has 0 bridgehead atoms. The van der Waals surface area contributed by atoms with Crippen molar-refractivity contribution in [2.45, 2.75) is 13.5 Å². The van der Waals surface area contributed by atoms with E-state index < -0.39 is 0 Å². The highest BCUT2D eigenvalue weighted by atomic mass is 35.5. The molecule has 3 heterocycles. The molecule has 0 saturated carbocycles. The van der Waals surface area contributed by atoms with Crippen molar-refractivity contribution in [2.75, 3.05) is 26.2 Å². The minimum absolute atomic E-state index is 0.0898. The van der Waals surface area contributed by atoms with Crippen LogP contribution in [0.1, 0.15) is 11.3 Å².